The molecule has 1 rings (SSSR count). The van der Waals surface area contributed by atoms with E-state index in [2.05, 4.69) is 29.7 Å². The Bertz CT molecular complexity index is 369. The van der Waals surface area contributed by atoms with Crippen molar-refractivity contribution in [3.05, 3.63) is 35.4 Å². The molecule has 0 aliphatic carbocycles. The number of halogens is 1. The van der Waals surface area contributed by atoms with Crippen LogP contribution in [0.5, 0.6) is 0 Å². The zero-order valence-electron chi connectivity index (χ0n) is 11.3. The van der Waals surface area contributed by atoms with Crippen LogP contribution in [0.1, 0.15) is 25.0 Å². The number of amides is 1. The number of nitrogens with one attached hydrogen (secondary N) is 2. The minimum Gasteiger partial charge on any atom is -0.352 e. The summed E-state index contributed by atoms with van der Waals surface area (Å²) >= 11 is 0. The van der Waals surface area contributed by atoms with Crippen molar-refractivity contribution in [3.8, 4) is 0 Å². The van der Waals surface area contributed by atoms with Crippen LogP contribution in [0.25, 0.3) is 0 Å². The molecule has 0 aliphatic heterocycles. The first-order chi connectivity index (χ1) is 8.19. The monoisotopic (exact) mass is 270 g/mol. The maximum atomic E-state index is 11.8. The van der Waals surface area contributed by atoms with Crippen molar-refractivity contribution in [1.82, 2.24) is 10.6 Å². The smallest absolute Gasteiger partial charge is 0.224 e. The quantitative estimate of drug-likeness (QED) is 0.832. The SMILES string of the molecule is CCc1ccccc1CNC(=O)C(C)CNC.Cl. The molecule has 2 N–H and O–H groups in total. The van der Waals surface area contributed by atoms with Crippen LogP contribution in [0.2, 0.25) is 0 Å². The highest BCUT2D eigenvalue weighted by Crippen LogP contribution is 2.09. The summed E-state index contributed by atoms with van der Waals surface area (Å²) in [7, 11) is 1.86. The lowest BCUT2D eigenvalue weighted by Gasteiger charge is -2.13. The minimum absolute atomic E-state index is 0. The topological polar surface area (TPSA) is 41.1 Å². The summed E-state index contributed by atoms with van der Waals surface area (Å²) in [6.07, 6.45) is 0.998. The van der Waals surface area contributed by atoms with Crippen LogP contribution in [0.4, 0.5) is 0 Å². The molecule has 0 saturated carbocycles. The van der Waals surface area contributed by atoms with Gasteiger partial charge in [-0.2, -0.15) is 0 Å². The molecule has 18 heavy (non-hydrogen) atoms. The van der Waals surface area contributed by atoms with Gasteiger partial charge in [-0.15, -0.1) is 12.4 Å². The van der Waals surface area contributed by atoms with E-state index in [4.69, 9.17) is 0 Å². The summed E-state index contributed by atoms with van der Waals surface area (Å²) in [6, 6.07) is 8.23. The van der Waals surface area contributed by atoms with E-state index in [0.717, 1.165) is 6.42 Å². The number of carbonyl (C=O) groups is 1. The third-order valence-electron chi connectivity index (χ3n) is 2.91. The molecule has 0 aromatic heterocycles. The average Bonchev–Trinajstić information content (AvgIpc) is 2.36. The van der Waals surface area contributed by atoms with Gasteiger partial charge in [0.05, 0.1) is 0 Å². The standard InChI is InChI=1S/C14H22N2O.ClH/c1-4-12-7-5-6-8-13(12)10-16-14(17)11(2)9-15-3;/h5-8,11,15H,4,9-10H2,1-3H3,(H,16,17);1H. The number of aryl methyl sites for hydroxylation is 1. The molecule has 1 atom stereocenters. The van der Waals surface area contributed by atoms with Gasteiger partial charge >= 0.3 is 0 Å². The first-order valence-electron chi connectivity index (χ1n) is 6.18. The lowest BCUT2D eigenvalue weighted by molar-refractivity contribution is -0.124. The molecular formula is C14H23ClN2O. The molecular weight excluding hydrogens is 248 g/mol. The van der Waals surface area contributed by atoms with Crippen LogP contribution in [-0.2, 0) is 17.8 Å². The Kier molecular flexibility index (Phi) is 8.42. The Hall–Kier alpha value is -1.06. The Labute approximate surface area is 116 Å². The van der Waals surface area contributed by atoms with Crippen LogP contribution in [0.15, 0.2) is 24.3 Å². The van der Waals surface area contributed by atoms with Gasteiger partial charge in [0.1, 0.15) is 0 Å². The largest absolute Gasteiger partial charge is 0.352 e. The van der Waals surface area contributed by atoms with E-state index in [-0.39, 0.29) is 24.2 Å². The number of hydrogen-bond acceptors (Lipinski definition) is 2. The van der Waals surface area contributed by atoms with Crippen LogP contribution in [0, 0.1) is 5.92 Å². The summed E-state index contributed by atoms with van der Waals surface area (Å²) in [5.74, 6) is 0.110. The van der Waals surface area contributed by atoms with Crippen molar-refractivity contribution < 1.29 is 4.79 Å². The summed E-state index contributed by atoms with van der Waals surface area (Å²) in [6.45, 7) is 5.39. The van der Waals surface area contributed by atoms with E-state index in [1.54, 1.807) is 0 Å². The zero-order chi connectivity index (χ0) is 12.7. The molecule has 1 aromatic rings. The first-order valence-corrected chi connectivity index (χ1v) is 6.18. The van der Waals surface area contributed by atoms with Gasteiger partial charge < -0.3 is 10.6 Å². The van der Waals surface area contributed by atoms with Crippen molar-refractivity contribution in [2.45, 2.75) is 26.8 Å². The Morgan fingerprint density at radius 1 is 1.28 bits per heavy atom. The van der Waals surface area contributed by atoms with Gasteiger partial charge in [-0.25, -0.2) is 0 Å². The highest BCUT2D eigenvalue weighted by Gasteiger charge is 2.11. The van der Waals surface area contributed by atoms with Crippen molar-refractivity contribution in [2.75, 3.05) is 13.6 Å². The second kappa shape index (κ2) is 8.95. The van der Waals surface area contributed by atoms with Crippen molar-refractivity contribution in [3.63, 3.8) is 0 Å². The fourth-order valence-corrected chi connectivity index (χ4v) is 1.83. The van der Waals surface area contributed by atoms with E-state index in [9.17, 15) is 4.79 Å². The van der Waals surface area contributed by atoms with E-state index in [1.807, 2.05) is 26.1 Å². The highest BCUT2D eigenvalue weighted by atomic mass is 35.5. The molecule has 0 saturated heterocycles. The Morgan fingerprint density at radius 2 is 1.89 bits per heavy atom. The maximum absolute atomic E-state index is 11.8. The molecule has 0 bridgehead atoms. The predicted octanol–water partition coefficient (Wildman–Crippen LogP) is 2.14. The normalized spacial score (nSPS) is 11.5. The van der Waals surface area contributed by atoms with E-state index >= 15 is 0 Å². The fraction of sp³-hybridized carbons (Fsp3) is 0.500. The molecule has 102 valence electrons. The second-order valence-corrected chi connectivity index (χ2v) is 4.30. The van der Waals surface area contributed by atoms with Crippen LogP contribution in [-0.4, -0.2) is 19.5 Å². The summed E-state index contributed by atoms with van der Waals surface area (Å²) in [5.41, 5.74) is 2.51. The molecule has 1 aromatic carbocycles. The van der Waals surface area contributed by atoms with Crippen LogP contribution < -0.4 is 10.6 Å². The predicted molar refractivity (Wildman–Crippen MR) is 78.0 cm³/mol. The zero-order valence-corrected chi connectivity index (χ0v) is 12.1. The third kappa shape index (κ3) is 5.07. The fourth-order valence-electron chi connectivity index (χ4n) is 1.83. The van der Waals surface area contributed by atoms with Gasteiger partial charge in [0.2, 0.25) is 5.91 Å². The van der Waals surface area contributed by atoms with Gasteiger partial charge in [-0.1, -0.05) is 38.1 Å². The Morgan fingerprint density at radius 3 is 2.44 bits per heavy atom. The van der Waals surface area contributed by atoms with E-state index in [0.29, 0.717) is 13.1 Å². The number of rotatable bonds is 6. The third-order valence-corrected chi connectivity index (χ3v) is 2.91. The molecule has 0 aliphatic rings. The molecule has 1 amide bonds. The molecule has 4 heteroatoms. The molecule has 0 radical (unpaired) electrons. The summed E-state index contributed by atoms with van der Waals surface area (Å²) in [5, 5.41) is 5.99. The number of carbonyl (C=O) groups excluding carboxylic acids is 1. The molecule has 1 unspecified atom stereocenters. The first kappa shape index (κ1) is 16.9. The van der Waals surface area contributed by atoms with Gasteiger partial charge in [0.25, 0.3) is 0 Å². The summed E-state index contributed by atoms with van der Waals surface area (Å²) < 4.78 is 0. The second-order valence-electron chi connectivity index (χ2n) is 4.30. The lowest BCUT2D eigenvalue weighted by Crippen LogP contribution is -2.34. The lowest BCUT2D eigenvalue weighted by atomic mass is 10.0. The van der Waals surface area contributed by atoms with E-state index < -0.39 is 0 Å². The average molecular weight is 271 g/mol. The molecule has 0 heterocycles. The van der Waals surface area contributed by atoms with Crippen molar-refractivity contribution in [2.24, 2.45) is 5.92 Å². The molecule has 0 fully saturated rings. The van der Waals surface area contributed by atoms with Crippen molar-refractivity contribution >= 4 is 18.3 Å². The van der Waals surface area contributed by atoms with Gasteiger partial charge in [0.15, 0.2) is 0 Å². The van der Waals surface area contributed by atoms with Crippen LogP contribution >= 0.6 is 12.4 Å². The number of hydrogen-bond donors (Lipinski definition) is 2. The van der Waals surface area contributed by atoms with Crippen LogP contribution in [0.3, 0.4) is 0 Å². The summed E-state index contributed by atoms with van der Waals surface area (Å²) in [4.78, 5) is 11.8. The van der Waals surface area contributed by atoms with Crippen molar-refractivity contribution in [1.29, 1.82) is 0 Å². The minimum atomic E-state index is 0. The Balaban J connectivity index is 0.00000289. The molecule has 3 nitrogen and oxygen atoms in total. The van der Waals surface area contributed by atoms with Gasteiger partial charge in [-0.05, 0) is 24.6 Å². The number of benzene rings is 1. The van der Waals surface area contributed by atoms with E-state index in [1.165, 1.54) is 11.1 Å². The van der Waals surface area contributed by atoms with Gasteiger partial charge in [0, 0.05) is 19.0 Å². The van der Waals surface area contributed by atoms with Gasteiger partial charge in [-0.3, -0.25) is 4.79 Å². The highest BCUT2D eigenvalue weighted by molar-refractivity contribution is 5.85. The maximum Gasteiger partial charge on any atom is 0.224 e. The molecule has 0 spiro atoms.